The van der Waals surface area contributed by atoms with Crippen molar-refractivity contribution < 1.29 is 9.47 Å². The van der Waals surface area contributed by atoms with E-state index in [4.69, 9.17) is 4.74 Å². The molecule has 0 bridgehead atoms. The Bertz CT molecular complexity index is 374. The molecule has 0 amide bonds. The molecule has 0 saturated carbocycles. The Morgan fingerprint density at radius 3 is 2.73 bits per heavy atom. The Hall–Kier alpha value is -1.25. The van der Waals surface area contributed by atoms with E-state index in [1.54, 1.807) is 13.3 Å². The topological polar surface area (TPSA) is 36.2 Å². The number of hydrogen-bond acceptors (Lipinski definition) is 2. The zero-order valence-electron chi connectivity index (χ0n) is 9.38. The predicted molar refractivity (Wildman–Crippen MR) is 58.0 cm³/mol. The zero-order chi connectivity index (χ0) is 10.8. The highest BCUT2D eigenvalue weighted by atomic mass is 16.5. The van der Waals surface area contributed by atoms with E-state index in [-0.39, 0.29) is 0 Å². The number of fused-ring (bicyclic) bond motifs is 1. The number of nitrogens with zero attached hydrogens (tertiary/aromatic N) is 1. The molecule has 0 spiro atoms. The second-order valence-corrected chi connectivity index (χ2v) is 4.16. The van der Waals surface area contributed by atoms with Crippen LogP contribution in [0.2, 0.25) is 0 Å². The third kappa shape index (κ3) is 1.78. The van der Waals surface area contributed by atoms with Crippen LogP contribution in [0.3, 0.4) is 0 Å². The van der Waals surface area contributed by atoms with Gasteiger partial charge < -0.3 is 9.94 Å². The van der Waals surface area contributed by atoms with Gasteiger partial charge in [-0.15, -0.1) is 0 Å². The van der Waals surface area contributed by atoms with Gasteiger partial charge in [-0.3, -0.25) is 0 Å². The summed E-state index contributed by atoms with van der Waals surface area (Å²) in [5.74, 6) is 0.916. The van der Waals surface area contributed by atoms with E-state index in [0.29, 0.717) is 0 Å². The number of pyridine rings is 1. The third-order valence-corrected chi connectivity index (χ3v) is 3.10. The summed E-state index contributed by atoms with van der Waals surface area (Å²) >= 11 is 0. The summed E-state index contributed by atoms with van der Waals surface area (Å²) in [6.07, 6.45) is 6.96. The van der Waals surface area contributed by atoms with Crippen molar-refractivity contribution in [3.05, 3.63) is 28.2 Å². The second kappa shape index (κ2) is 4.09. The molecule has 0 aliphatic heterocycles. The summed E-state index contributed by atoms with van der Waals surface area (Å²) in [4.78, 5) is 0. The number of aromatic nitrogens is 1. The molecular weight excluding hydrogens is 190 g/mol. The fourth-order valence-electron chi connectivity index (χ4n) is 2.39. The zero-order valence-corrected chi connectivity index (χ0v) is 9.38. The highest BCUT2D eigenvalue weighted by Gasteiger charge is 2.22. The van der Waals surface area contributed by atoms with Gasteiger partial charge in [0.1, 0.15) is 5.75 Å². The molecule has 0 radical (unpaired) electrons. The van der Waals surface area contributed by atoms with Gasteiger partial charge in [0.25, 0.3) is 0 Å². The number of hydrogen-bond donors (Lipinski definition) is 0. The lowest BCUT2D eigenvalue weighted by molar-refractivity contribution is -0.614. The van der Waals surface area contributed by atoms with Crippen LogP contribution < -0.4 is 9.47 Å². The van der Waals surface area contributed by atoms with Crippen LogP contribution >= 0.6 is 0 Å². The molecule has 0 saturated heterocycles. The second-order valence-electron chi connectivity index (χ2n) is 4.16. The summed E-state index contributed by atoms with van der Waals surface area (Å²) in [5.41, 5.74) is 2.98. The molecule has 0 aromatic carbocycles. The van der Waals surface area contributed by atoms with E-state index in [9.17, 15) is 5.21 Å². The van der Waals surface area contributed by atoms with Crippen molar-refractivity contribution in [1.29, 1.82) is 0 Å². The van der Waals surface area contributed by atoms with E-state index in [1.807, 2.05) is 6.92 Å². The van der Waals surface area contributed by atoms with Crippen molar-refractivity contribution in [3.8, 4) is 5.75 Å². The quantitative estimate of drug-likeness (QED) is 0.400. The lowest BCUT2D eigenvalue weighted by atomic mass is 10.1. The molecular formula is C12H17NO2. The maximum atomic E-state index is 11.8. The maximum absolute atomic E-state index is 11.8. The van der Waals surface area contributed by atoms with Gasteiger partial charge in [0.05, 0.1) is 18.2 Å². The van der Waals surface area contributed by atoms with E-state index >= 15 is 0 Å². The number of rotatable bonds is 1. The first kappa shape index (κ1) is 10.3. The van der Waals surface area contributed by atoms with Gasteiger partial charge >= 0.3 is 0 Å². The van der Waals surface area contributed by atoms with E-state index < -0.39 is 0 Å². The predicted octanol–water partition coefficient (Wildman–Crippen LogP) is 1.91. The summed E-state index contributed by atoms with van der Waals surface area (Å²) < 4.78 is 6.43. The van der Waals surface area contributed by atoms with Crippen LogP contribution in [-0.4, -0.2) is 7.11 Å². The molecule has 0 unspecified atom stereocenters. The van der Waals surface area contributed by atoms with Crippen molar-refractivity contribution >= 4 is 0 Å². The fraction of sp³-hybridized carbons (Fsp3) is 0.583. The lowest BCUT2D eigenvalue weighted by Gasteiger charge is -2.13. The maximum Gasteiger partial charge on any atom is 0.199 e. The normalized spacial score (nSPS) is 15.6. The van der Waals surface area contributed by atoms with E-state index in [2.05, 4.69) is 0 Å². The first-order chi connectivity index (χ1) is 7.24. The van der Waals surface area contributed by atoms with Crippen LogP contribution in [-0.2, 0) is 12.8 Å². The molecule has 1 aromatic heterocycles. The molecule has 3 heteroatoms. The van der Waals surface area contributed by atoms with Gasteiger partial charge in [0.15, 0.2) is 11.9 Å². The molecule has 1 aliphatic carbocycles. The van der Waals surface area contributed by atoms with Crippen molar-refractivity contribution in [2.45, 2.75) is 39.0 Å². The minimum Gasteiger partial charge on any atom is -0.618 e. The molecule has 0 fully saturated rings. The Morgan fingerprint density at radius 2 is 2.00 bits per heavy atom. The first-order valence-corrected chi connectivity index (χ1v) is 5.52. The average Bonchev–Trinajstić information content (AvgIpc) is 2.44. The Morgan fingerprint density at radius 1 is 1.27 bits per heavy atom. The largest absolute Gasteiger partial charge is 0.618 e. The molecule has 1 aromatic rings. The Kier molecular flexibility index (Phi) is 2.80. The van der Waals surface area contributed by atoms with Crippen molar-refractivity contribution in [2.75, 3.05) is 7.11 Å². The summed E-state index contributed by atoms with van der Waals surface area (Å²) in [7, 11) is 1.68. The highest BCUT2D eigenvalue weighted by molar-refractivity contribution is 5.40. The highest BCUT2D eigenvalue weighted by Crippen LogP contribution is 2.29. The standard InChI is InChI=1S/C12H17NO2/c1-9-8-13(14)11-7-5-3-4-6-10(11)12(9)15-2/h8H,3-7H2,1-2H3. The van der Waals surface area contributed by atoms with E-state index in [0.717, 1.165) is 53.0 Å². The molecule has 0 N–H and O–H groups in total. The fourth-order valence-corrected chi connectivity index (χ4v) is 2.39. The van der Waals surface area contributed by atoms with Gasteiger partial charge in [-0.2, -0.15) is 4.73 Å². The minimum atomic E-state index is 0.884. The van der Waals surface area contributed by atoms with Gasteiger partial charge in [0, 0.05) is 6.42 Å². The van der Waals surface area contributed by atoms with Crippen LogP contribution in [0.15, 0.2) is 6.20 Å². The van der Waals surface area contributed by atoms with Gasteiger partial charge in [-0.25, -0.2) is 0 Å². The minimum absolute atomic E-state index is 0.884. The van der Waals surface area contributed by atoms with Crippen molar-refractivity contribution in [2.24, 2.45) is 0 Å². The van der Waals surface area contributed by atoms with Crippen LogP contribution in [0.5, 0.6) is 5.75 Å². The molecule has 15 heavy (non-hydrogen) atoms. The van der Waals surface area contributed by atoms with Crippen LogP contribution in [0, 0.1) is 12.1 Å². The monoisotopic (exact) mass is 207 g/mol. The van der Waals surface area contributed by atoms with E-state index in [1.165, 1.54) is 6.42 Å². The molecule has 82 valence electrons. The number of methoxy groups -OCH3 is 1. The number of aryl methyl sites for hydroxylation is 1. The van der Waals surface area contributed by atoms with Crippen LogP contribution in [0.1, 0.15) is 36.1 Å². The third-order valence-electron chi connectivity index (χ3n) is 3.10. The van der Waals surface area contributed by atoms with Crippen LogP contribution in [0.4, 0.5) is 0 Å². The Balaban J connectivity index is 2.57. The van der Waals surface area contributed by atoms with Gasteiger partial charge in [-0.05, 0) is 26.2 Å². The van der Waals surface area contributed by atoms with Crippen molar-refractivity contribution in [3.63, 3.8) is 0 Å². The first-order valence-electron chi connectivity index (χ1n) is 5.52. The van der Waals surface area contributed by atoms with Crippen molar-refractivity contribution in [1.82, 2.24) is 0 Å². The number of ether oxygens (including phenoxy) is 1. The average molecular weight is 207 g/mol. The summed E-state index contributed by atoms with van der Waals surface area (Å²) in [6.45, 7) is 1.93. The lowest BCUT2D eigenvalue weighted by Crippen LogP contribution is -2.33. The smallest absolute Gasteiger partial charge is 0.199 e. The Labute approximate surface area is 90.3 Å². The molecule has 3 nitrogen and oxygen atoms in total. The molecule has 2 rings (SSSR count). The van der Waals surface area contributed by atoms with Gasteiger partial charge in [-0.1, -0.05) is 6.42 Å². The van der Waals surface area contributed by atoms with Crippen LogP contribution in [0.25, 0.3) is 0 Å². The SMILES string of the molecule is COc1c(C)c[n+]([O-])c2c1CCCCC2. The summed E-state index contributed by atoms with van der Waals surface area (Å²) in [6, 6.07) is 0. The molecule has 1 aliphatic rings. The van der Waals surface area contributed by atoms with Gasteiger partial charge in [0.2, 0.25) is 0 Å². The summed E-state index contributed by atoms with van der Waals surface area (Å²) in [5, 5.41) is 11.8. The molecule has 1 heterocycles. The molecule has 0 atom stereocenters.